The SMILES string of the molecule is C#CCN(CC)c1ccc(CO)c(C(F)(F)F)c1. The number of aliphatic hydroxyl groups excluding tert-OH is 1. The van der Waals surface area contributed by atoms with Crippen LogP contribution < -0.4 is 4.90 Å². The van der Waals surface area contributed by atoms with Crippen LogP contribution in [0.5, 0.6) is 0 Å². The summed E-state index contributed by atoms with van der Waals surface area (Å²) in [6.45, 7) is 1.92. The summed E-state index contributed by atoms with van der Waals surface area (Å²) in [5.74, 6) is 2.40. The van der Waals surface area contributed by atoms with E-state index in [1.807, 2.05) is 6.92 Å². The number of hydrogen-bond acceptors (Lipinski definition) is 2. The van der Waals surface area contributed by atoms with E-state index in [0.29, 0.717) is 12.2 Å². The molecule has 0 saturated carbocycles. The Morgan fingerprint density at radius 2 is 2.06 bits per heavy atom. The molecule has 98 valence electrons. The van der Waals surface area contributed by atoms with Gasteiger partial charge in [-0.15, -0.1) is 6.42 Å². The van der Waals surface area contributed by atoms with Crippen molar-refractivity contribution in [3.05, 3.63) is 29.3 Å². The molecule has 0 amide bonds. The fraction of sp³-hybridized carbons (Fsp3) is 0.385. The average Bonchev–Trinajstić information content (AvgIpc) is 2.34. The van der Waals surface area contributed by atoms with Crippen LogP contribution >= 0.6 is 0 Å². The van der Waals surface area contributed by atoms with E-state index in [2.05, 4.69) is 5.92 Å². The van der Waals surface area contributed by atoms with E-state index in [9.17, 15) is 13.2 Å². The first-order valence-electron chi connectivity index (χ1n) is 5.43. The Morgan fingerprint density at radius 3 is 2.50 bits per heavy atom. The molecule has 1 aromatic carbocycles. The maximum absolute atomic E-state index is 12.8. The molecule has 5 heteroatoms. The van der Waals surface area contributed by atoms with Crippen molar-refractivity contribution >= 4 is 5.69 Å². The summed E-state index contributed by atoms with van der Waals surface area (Å²) in [4.78, 5) is 1.65. The number of halogens is 3. The molecule has 0 unspecified atom stereocenters. The van der Waals surface area contributed by atoms with E-state index in [1.54, 1.807) is 4.90 Å². The summed E-state index contributed by atoms with van der Waals surface area (Å²) in [5.41, 5.74) is -0.555. The molecule has 1 rings (SSSR count). The van der Waals surface area contributed by atoms with Gasteiger partial charge in [0.15, 0.2) is 0 Å². The summed E-state index contributed by atoms with van der Waals surface area (Å²) >= 11 is 0. The number of aliphatic hydroxyl groups is 1. The molecule has 0 aliphatic heterocycles. The number of anilines is 1. The lowest BCUT2D eigenvalue weighted by Gasteiger charge is -2.22. The van der Waals surface area contributed by atoms with Crippen molar-refractivity contribution in [1.29, 1.82) is 0 Å². The first kappa shape index (κ1) is 14.4. The van der Waals surface area contributed by atoms with Crippen molar-refractivity contribution in [1.82, 2.24) is 0 Å². The maximum Gasteiger partial charge on any atom is 0.416 e. The predicted octanol–water partition coefficient (Wildman–Crippen LogP) is 2.66. The number of hydrogen-bond donors (Lipinski definition) is 1. The van der Waals surface area contributed by atoms with Gasteiger partial charge < -0.3 is 10.0 Å². The summed E-state index contributed by atoms with van der Waals surface area (Å²) in [6.07, 6.45) is 0.686. The van der Waals surface area contributed by atoms with Crippen LogP contribution in [0.25, 0.3) is 0 Å². The van der Waals surface area contributed by atoms with E-state index in [1.165, 1.54) is 12.1 Å². The zero-order valence-corrected chi connectivity index (χ0v) is 9.96. The highest BCUT2D eigenvalue weighted by atomic mass is 19.4. The molecular weight excluding hydrogens is 243 g/mol. The average molecular weight is 257 g/mol. The summed E-state index contributed by atoms with van der Waals surface area (Å²) in [7, 11) is 0. The van der Waals surface area contributed by atoms with Gasteiger partial charge >= 0.3 is 6.18 Å². The van der Waals surface area contributed by atoms with Gasteiger partial charge in [0.05, 0.1) is 18.7 Å². The van der Waals surface area contributed by atoms with Crippen molar-refractivity contribution in [2.75, 3.05) is 18.0 Å². The fourth-order valence-corrected chi connectivity index (χ4v) is 1.66. The van der Waals surface area contributed by atoms with Crippen LogP contribution in [0.1, 0.15) is 18.1 Å². The molecule has 0 heterocycles. The minimum Gasteiger partial charge on any atom is -0.392 e. The highest BCUT2D eigenvalue weighted by Crippen LogP contribution is 2.34. The van der Waals surface area contributed by atoms with Crippen molar-refractivity contribution in [3.8, 4) is 12.3 Å². The molecule has 0 aliphatic carbocycles. The van der Waals surface area contributed by atoms with Crippen LogP contribution in [0.15, 0.2) is 18.2 Å². The third-order valence-corrected chi connectivity index (χ3v) is 2.60. The molecule has 1 N–H and O–H groups in total. The number of terminal acetylenes is 1. The van der Waals surface area contributed by atoms with Crippen molar-refractivity contribution in [2.24, 2.45) is 0 Å². The van der Waals surface area contributed by atoms with Crippen LogP contribution in [0.3, 0.4) is 0 Å². The molecule has 0 fully saturated rings. The first-order valence-corrected chi connectivity index (χ1v) is 5.43. The van der Waals surface area contributed by atoms with Gasteiger partial charge in [-0.1, -0.05) is 12.0 Å². The molecule has 0 saturated heterocycles. The second-order valence-corrected chi connectivity index (χ2v) is 3.72. The minimum absolute atomic E-state index is 0.136. The molecule has 0 atom stereocenters. The van der Waals surface area contributed by atoms with Crippen LogP contribution in [0.2, 0.25) is 0 Å². The lowest BCUT2D eigenvalue weighted by atomic mass is 10.1. The monoisotopic (exact) mass is 257 g/mol. The Bertz CT molecular complexity index is 449. The van der Waals surface area contributed by atoms with Crippen molar-refractivity contribution in [2.45, 2.75) is 19.7 Å². The summed E-state index contributed by atoms with van der Waals surface area (Å²) in [6, 6.07) is 3.82. The van der Waals surface area contributed by atoms with Crippen molar-refractivity contribution < 1.29 is 18.3 Å². The number of rotatable bonds is 4. The topological polar surface area (TPSA) is 23.5 Å². The Kier molecular flexibility index (Phi) is 4.62. The van der Waals surface area contributed by atoms with E-state index in [0.717, 1.165) is 6.07 Å². The highest BCUT2D eigenvalue weighted by Gasteiger charge is 2.33. The van der Waals surface area contributed by atoms with Crippen LogP contribution in [-0.4, -0.2) is 18.2 Å². The zero-order chi connectivity index (χ0) is 13.8. The van der Waals surface area contributed by atoms with Gasteiger partial charge in [0, 0.05) is 12.2 Å². The highest BCUT2D eigenvalue weighted by molar-refractivity contribution is 5.52. The number of alkyl halides is 3. The second kappa shape index (κ2) is 5.78. The van der Waals surface area contributed by atoms with Gasteiger partial charge in [0.25, 0.3) is 0 Å². The Labute approximate surface area is 104 Å². The Hall–Kier alpha value is -1.67. The van der Waals surface area contributed by atoms with Gasteiger partial charge in [-0.3, -0.25) is 0 Å². The number of benzene rings is 1. The maximum atomic E-state index is 12.8. The van der Waals surface area contributed by atoms with Gasteiger partial charge in [0.1, 0.15) is 0 Å². The van der Waals surface area contributed by atoms with Gasteiger partial charge in [-0.05, 0) is 24.6 Å². The standard InChI is InChI=1S/C13H14F3NO/c1-3-7-17(4-2)11-6-5-10(9-18)12(8-11)13(14,15)16/h1,5-6,8,18H,4,7,9H2,2H3. The molecular formula is C13H14F3NO. The fourth-order valence-electron chi connectivity index (χ4n) is 1.66. The zero-order valence-electron chi connectivity index (χ0n) is 9.96. The molecule has 18 heavy (non-hydrogen) atoms. The van der Waals surface area contributed by atoms with E-state index in [4.69, 9.17) is 11.5 Å². The van der Waals surface area contributed by atoms with Crippen molar-refractivity contribution in [3.63, 3.8) is 0 Å². The molecule has 1 aromatic rings. The molecule has 0 aliphatic rings. The third kappa shape index (κ3) is 3.17. The molecule has 0 aromatic heterocycles. The number of nitrogens with zero attached hydrogens (tertiary/aromatic N) is 1. The Balaban J connectivity index is 3.22. The lowest BCUT2D eigenvalue weighted by Crippen LogP contribution is -2.23. The first-order chi connectivity index (χ1) is 8.43. The normalized spacial score (nSPS) is 11.1. The third-order valence-electron chi connectivity index (χ3n) is 2.60. The second-order valence-electron chi connectivity index (χ2n) is 3.72. The molecule has 0 spiro atoms. The van der Waals surface area contributed by atoms with Gasteiger partial charge in [0.2, 0.25) is 0 Å². The predicted molar refractivity (Wildman–Crippen MR) is 64.1 cm³/mol. The van der Waals surface area contributed by atoms with Gasteiger partial charge in [-0.2, -0.15) is 13.2 Å². The van der Waals surface area contributed by atoms with Crippen LogP contribution in [-0.2, 0) is 12.8 Å². The molecule has 2 nitrogen and oxygen atoms in total. The molecule has 0 radical (unpaired) electrons. The Morgan fingerprint density at radius 1 is 1.39 bits per heavy atom. The van der Waals surface area contributed by atoms with Gasteiger partial charge in [-0.25, -0.2) is 0 Å². The molecule has 0 bridgehead atoms. The summed E-state index contributed by atoms with van der Waals surface area (Å²) in [5, 5.41) is 8.93. The van der Waals surface area contributed by atoms with E-state index >= 15 is 0 Å². The van der Waals surface area contributed by atoms with Crippen LogP contribution in [0, 0.1) is 12.3 Å². The van der Waals surface area contributed by atoms with E-state index < -0.39 is 18.3 Å². The quantitative estimate of drug-likeness (QED) is 0.838. The van der Waals surface area contributed by atoms with Crippen LogP contribution in [0.4, 0.5) is 18.9 Å². The van der Waals surface area contributed by atoms with E-state index in [-0.39, 0.29) is 12.1 Å². The smallest absolute Gasteiger partial charge is 0.392 e. The largest absolute Gasteiger partial charge is 0.416 e. The lowest BCUT2D eigenvalue weighted by molar-refractivity contribution is -0.138. The summed E-state index contributed by atoms with van der Waals surface area (Å²) < 4.78 is 38.4. The minimum atomic E-state index is -4.48.